The minimum Gasteiger partial charge on any atom is -0.370 e. The van der Waals surface area contributed by atoms with Gasteiger partial charge in [0.05, 0.1) is 0 Å². The van der Waals surface area contributed by atoms with Crippen LogP contribution in [-0.2, 0) is 0 Å². The standard InChI is InChI=1S/C11H12Cl2N6/c12-8-4-10(18-6-16-8)14-2-1-3-15-11-5-9(13)17-7-19-11/h4-7H,1-3H2,(H,14,16,18)(H,15,17,19). The SMILES string of the molecule is Clc1cc(NCCCNc2cc(Cl)ncn2)ncn1. The monoisotopic (exact) mass is 298 g/mol. The van der Waals surface area contributed by atoms with Crippen molar-refractivity contribution in [2.45, 2.75) is 6.42 Å². The largest absolute Gasteiger partial charge is 0.370 e. The lowest BCUT2D eigenvalue weighted by Crippen LogP contribution is -2.10. The molecule has 19 heavy (non-hydrogen) atoms. The molecule has 0 fully saturated rings. The van der Waals surface area contributed by atoms with Crippen molar-refractivity contribution in [2.75, 3.05) is 23.7 Å². The highest BCUT2D eigenvalue weighted by molar-refractivity contribution is 6.29. The summed E-state index contributed by atoms with van der Waals surface area (Å²) in [5.41, 5.74) is 0. The summed E-state index contributed by atoms with van der Waals surface area (Å²) < 4.78 is 0. The van der Waals surface area contributed by atoms with Crippen LogP contribution in [0.25, 0.3) is 0 Å². The van der Waals surface area contributed by atoms with Gasteiger partial charge in [0.15, 0.2) is 0 Å². The van der Waals surface area contributed by atoms with Crippen molar-refractivity contribution in [1.29, 1.82) is 0 Å². The second kappa shape index (κ2) is 7.06. The number of nitrogens with zero attached hydrogens (tertiary/aromatic N) is 4. The summed E-state index contributed by atoms with van der Waals surface area (Å²) in [5.74, 6) is 1.43. The fraction of sp³-hybridized carbons (Fsp3) is 0.273. The third-order valence-electron chi connectivity index (χ3n) is 2.23. The van der Waals surface area contributed by atoms with Gasteiger partial charge in [-0.25, -0.2) is 19.9 Å². The van der Waals surface area contributed by atoms with Crippen molar-refractivity contribution >= 4 is 34.8 Å². The molecule has 0 saturated heterocycles. The van der Waals surface area contributed by atoms with E-state index in [-0.39, 0.29) is 0 Å². The van der Waals surface area contributed by atoms with Crippen LogP contribution in [0.3, 0.4) is 0 Å². The van der Waals surface area contributed by atoms with E-state index in [4.69, 9.17) is 23.2 Å². The van der Waals surface area contributed by atoms with Crippen LogP contribution < -0.4 is 10.6 Å². The third-order valence-corrected chi connectivity index (χ3v) is 2.65. The van der Waals surface area contributed by atoms with Crippen molar-refractivity contribution in [1.82, 2.24) is 19.9 Å². The Kier molecular flexibility index (Phi) is 5.11. The fourth-order valence-electron chi connectivity index (χ4n) is 1.38. The minimum atomic E-state index is 0.422. The molecule has 0 bridgehead atoms. The highest BCUT2D eigenvalue weighted by Crippen LogP contribution is 2.09. The van der Waals surface area contributed by atoms with Crippen LogP contribution in [-0.4, -0.2) is 33.0 Å². The van der Waals surface area contributed by atoms with Crippen LogP contribution in [0.4, 0.5) is 11.6 Å². The molecule has 0 radical (unpaired) electrons. The summed E-state index contributed by atoms with van der Waals surface area (Å²) in [6, 6.07) is 3.36. The van der Waals surface area contributed by atoms with Gasteiger partial charge in [-0.15, -0.1) is 0 Å². The minimum absolute atomic E-state index is 0.422. The maximum absolute atomic E-state index is 5.75. The quantitative estimate of drug-likeness (QED) is 0.630. The normalized spacial score (nSPS) is 10.2. The average molecular weight is 299 g/mol. The third kappa shape index (κ3) is 4.84. The molecule has 0 aliphatic rings. The first-order chi connectivity index (χ1) is 9.24. The molecule has 0 aromatic carbocycles. The molecule has 0 atom stereocenters. The summed E-state index contributed by atoms with van der Waals surface area (Å²) in [5, 5.41) is 7.14. The Bertz CT molecular complexity index is 489. The second-order valence-corrected chi connectivity index (χ2v) is 4.43. The summed E-state index contributed by atoms with van der Waals surface area (Å²) in [6.07, 6.45) is 3.74. The van der Waals surface area contributed by atoms with Crippen molar-refractivity contribution in [2.24, 2.45) is 0 Å². The number of anilines is 2. The molecule has 2 heterocycles. The summed E-state index contributed by atoms with van der Waals surface area (Å²) in [6.45, 7) is 1.53. The van der Waals surface area contributed by atoms with Crippen LogP contribution in [0.5, 0.6) is 0 Å². The molecule has 0 amide bonds. The van der Waals surface area contributed by atoms with Gasteiger partial charge in [-0.3, -0.25) is 0 Å². The van der Waals surface area contributed by atoms with Gasteiger partial charge in [-0.2, -0.15) is 0 Å². The Hall–Kier alpha value is -1.66. The first kappa shape index (κ1) is 13.8. The first-order valence-corrected chi connectivity index (χ1v) is 6.42. The van der Waals surface area contributed by atoms with Crippen LogP contribution in [0.15, 0.2) is 24.8 Å². The van der Waals surface area contributed by atoms with E-state index >= 15 is 0 Å². The number of hydrogen-bond acceptors (Lipinski definition) is 6. The fourth-order valence-corrected chi connectivity index (χ4v) is 1.68. The molecule has 100 valence electrons. The number of nitrogens with one attached hydrogen (secondary N) is 2. The summed E-state index contributed by atoms with van der Waals surface area (Å²) >= 11 is 11.5. The van der Waals surface area contributed by atoms with Crippen molar-refractivity contribution in [3.8, 4) is 0 Å². The van der Waals surface area contributed by atoms with Crippen LogP contribution in [0.1, 0.15) is 6.42 Å². The number of aromatic nitrogens is 4. The lowest BCUT2D eigenvalue weighted by molar-refractivity contribution is 0.895. The van der Waals surface area contributed by atoms with Gasteiger partial charge in [0.2, 0.25) is 0 Å². The van der Waals surface area contributed by atoms with E-state index in [2.05, 4.69) is 30.6 Å². The zero-order chi connectivity index (χ0) is 13.5. The van der Waals surface area contributed by atoms with Crippen molar-refractivity contribution in [3.05, 3.63) is 35.1 Å². The second-order valence-electron chi connectivity index (χ2n) is 3.66. The molecule has 2 rings (SSSR count). The van der Waals surface area contributed by atoms with Gasteiger partial charge in [-0.1, -0.05) is 23.2 Å². The molecule has 0 aliphatic heterocycles. The Morgan fingerprint density at radius 2 is 1.26 bits per heavy atom. The first-order valence-electron chi connectivity index (χ1n) is 5.67. The lowest BCUT2D eigenvalue weighted by Gasteiger charge is -2.07. The van der Waals surface area contributed by atoms with Crippen molar-refractivity contribution in [3.63, 3.8) is 0 Å². The Balaban J connectivity index is 1.67. The van der Waals surface area contributed by atoms with Crippen LogP contribution >= 0.6 is 23.2 Å². The van der Waals surface area contributed by atoms with E-state index in [1.165, 1.54) is 12.7 Å². The average Bonchev–Trinajstić information content (AvgIpc) is 2.38. The molecular formula is C11H12Cl2N6. The highest BCUT2D eigenvalue weighted by Gasteiger charge is 1.97. The smallest absolute Gasteiger partial charge is 0.134 e. The number of rotatable bonds is 6. The predicted octanol–water partition coefficient (Wildman–Crippen LogP) is 2.49. The lowest BCUT2D eigenvalue weighted by atomic mass is 10.4. The van der Waals surface area contributed by atoms with E-state index in [0.717, 1.165) is 19.5 Å². The molecule has 2 aromatic rings. The number of halogens is 2. The van der Waals surface area contributed by atoms with E-state index in [0.29, 0.717) is 21.9 Å². The highest BCUT2D eigenvalue weighted by atomic mass is 35.5. The summed E-state index contributed by atoms with van der Waals surface area (Å²) in [7, 11) is 0. The Morgan fingerprint density at radius 1 is 0.789 bits per heavy atom. The van der Waals surface area contributed by atoms with E-state index in [9.17, 15) is 0 Å². The molecule has 0 saturated carbocycles. The van der Waals surface area contributed by atoms with Crippen LogP contribution in [0.2, 0.25) is 10.3 Å². The maximum atomic E-state index is 5.75. The molecule has 0 spiro atoms. The van der Waals surface area contributed by atoms with Crippen LogP contribution in [0, 0.1) is 0 Å². The Labute approximate surface area is 120 Å². The van der Waals surface area contributed by atoms with Gasteiger partial charge in [0.1, 0.15) is 34.6 Å². The molecule has 8 heteroatoms. The van der Waals surface area contributed by atoms with E-state index in [1.807, 2.05) is 0 Å². The maximum Gasteiger partial charge on any atom is 0.134 e. The molecular weight excluding hydrogens is 287 g/mol. The van der Waals surface area contributed by atoms with Crippen molar-refractivity contribution < 1.29 is 0 Å². The van der Waals surface area contributed by atoms with Gasteiger partial charge in [-0.05, 0) is 6.42 Å². The zero-order valence-corrected chi connectivity index (χ0v) is 11.5. The topological polar surface area (TPSA) is 75.6 Å². The molecule has 2 aromatic heterocycles. The van der Waals surface area contributed by atoms with Gasteiger partial charge in [0, 0.05) is 25.2 Å². The summed E-state index contributed by atoms with van der Waals surface area (Å²) in [4.78, 5) is 15.7. The number of hydrogen-bond donors (Lipinski definition) is 2. The molecule has 2 N–H and O–H groups in total. The predicted molar refractivity (Wildman–Crippen MR) is 75.7 cm³/mol. The molecule has 0 aliphatic carbocycles. The molecule has 0 unspecified atom stereocenters. The van der Waals surface area contributed by atoms with Gasteiger partial charge in [0.25, 0.3) is 0 Å². The van der Waals surface area contributed by atoms with Gasteiger partial charge >= 0.3 is 0 Å². The zero-order valence-electron chi connectivity index (χ0n) is 9.98. The Morgan fingerprint density at radius 3 is 1.68 bits per heavy atom. The van der Waals surface area contributed by atoms with Gasteiger partial charge < -0.3 is 10.6 Å². The molecule has 6 nitrogen and oxygen atoms in total. The van der Waals surface area contributed by atoms with E-state index < -0.39 is 0 Å². The van der Waals surface area contributed by atoms with E-state index in [1.54, 1.807) is 12.1 Å².